The molecule has 134 valence electrons. The van der Waals surface area contributed by atoms with E-state index in [2.05, 4.69) is 24.3 Å². The average molecular weight is 336 g/mol. The van der Waals surface area contributed by atoms with Gasteiger partial charge in [0.25, 0.3) is 5.91 Å². The number of carbonyl (C=O) groups is 2. The smallest absolute Gasteiger partial charge is 0.269 e. The summed E-state index contributed by atoms with van der Waals surface area (Å²) in [6, 6.07) is 1.70. The number of aromatic nitrogens is 2. The van der Waals surface area contributed by atoms with E-state index in [0.29, 0.717) is 44.3 Å². The molecule has 24 heavy (non-hydrogen) atoms. The van der Waals surface area contributed by atoms with Crippen LogP contribution in [0.15, 0.2) is 6.07 Å². The molecule has 1 aromatic rings. The number of methoxy groups -OCH3 is 1. The number of likely N-dealkylation sites (tertiary alicyclic amines) is 1. The Bertz CT molecular complexity index is 582. The number of nitrogens with one attached hydrogen (secondary N) is 1. The monoisotopic (exact) mass is 336 g/mol. The van der Waals surface area contributed by atoms with E-state index in [-0.39, 0.29) is 17.9 Å². The molecule has 7 nitrogen and oxygen atoms in total. The summed E-state index contributed by atoms with van der Waals surface area (Å²) < 4.78 is 6.74. The largest absolute Gasteiger partial charge is 0.383 e. The number of hydrogen-bond acceptors (Lipinski definition) is 4. The summed E-state index contributed by atoms with van der Waals surface area (Å²) in [6.45, 7) is 8.47. The fraction of sp³-hybridized carbons (Fsp3) is 0.706. The summed E-state index contributed by atoms with van der Waals surface area (Å²) in [7, 11) is 1.61. The molecule has 1 aliphatic rings. The highest BCUT2D eigenvalue weighted by atomic mass is 16.5. The minimum atomic E-state index is -0.161. The van der Waals surface area contributed by atoms with Crippen molar-refractivity contribution in [1.82, 2.24) is 20.0 Å². The van der Waals surface area contributed by atoms with Gasteiger partial charge in [0.15, 0.2) is 0 Å². The van der Waals surface area contributed by atoms with Gasteiger partial charge in [0.05, 0.1) is 18.3 Å². The second kappa shape index (κ2) is 8.28. The standard InChI is InChI=1S/C17H28N4O3/c1-5-21-15(9-13(19-21)8-12(2)3)17(23)18-14-10-16(22)20(11-14)6-7-24-4/h9,12,14H,5-8,10-11H2,1-4H3,(H,18,23)/t14-/m0/s1. The maximum absolute atomic E-state index is 12.6. The zero-order chi connectivity index (χ0) is 17.7. The lowest BCUT2D eigenvalue weighted by molar-refractivity contribution is -0.128. The summed E-state index contributed by atoms with van der Waals surface area (Å²) >= 11 is 0. The zero-order valence-corrected chi connectivity index (χ0v) is 15.0. The van der Waals surface area contributed by atoms with Gasteiger partial charge in [-0.2, -0.15) is 5.10 Å². The third kappa shape index (κ3) is 4.56. The molecule has 1 fully saturated rings. The molecular weight excluding hydrogens is 308 g/mol. The molecule has 0 bridgehead atoms. The Morgan fingerprint density at radius 1 is 1.50 bits per heavy atom. The van der Waals surface area contributed by atoms with Crippen LogP contribution in [0.4, 0.5) is 0 Å². The van der Waals surface area contributed by atoms with Crippen molar-refractivity contribution in [3.63, 3.8) is 0 Å². The van der Waals surface area contributed by atoms with Gasteiger partial charge in [0.1, 0.15) is 5.69 Å². The number of carbonyl (C=O) groups excluding carboxylic acids is 2. The SMILES string of the molecule is CCn1nc(CC(C)C)cc1C(=O)N[C@H]1CC(=O)N(CCOC)C1. The van der Waals surface area contributed by atoms with Crippen molar-refractivity contribution >= 4 is 11.8 Å². The number of hydrogen-bond donors (Lipinski definition) is 1. The van der Waals surface area contributed by atoms with Crippen LogP contribution in [0.5, 0.6) is 0 Å². The van der Waals surface area contributed by atoms with Gasteiger partial charge in [-0.15, -0.1) is 0 Å². The molecule has 1 saturated heterocycles. The van der Waals surface area contributed by atoms with Gasteiger partial charge in [0, 0.05) is 33.2 Å². The minimum Gasteiger partial charge on any atom is -0.383 e. The van der Waals surface area contributed by atoms with Crippen LogP contribution in [0, 0.1) is 5.92 Å². The Morgan fingerprint density at radius 3 is 2.88 bits per heavy atom. The summed E-state index contributed by atoms with van der Waals surface area (Å²) in [5, 5.41) is 7.47. The number of nitrogens with zero attached hydrogens (tertiary/aromatic N) is 3. The summed E-state index contributed by atoms with van der Waals surface area (Å²) in [5.41, 5.74) is 1.50. The molecule has 2 rings (SSSR count). The van der Waals surface area contributed by atoms with Gasteiger partial charge in [-0.25, -0.2) is 0 Å². The van der Waals surface area contributed by atoms with Crippen molar-refractivity contribution in [2.45, 2.75) is 46.2 Å². The van der Waals surface area contributed by atoms with Crippen LogP contribution in [-0.4, -0.2) is 59.3 Å². The molecule has 1 N–H and O–H groups in total. The first kappa shape index (κ1) is 18.4. The highest BCUT2D eigenvalue weighted by Gasteiger charge is 2.31. The maximum Gasteiger partial charge on any atom is 0.269 e. The molecule has 0 radical (unpaired) electrons. The van der Waals surface area contributed by atoms with Crippen molar-refractivity contribution < 1.29 is 14.3 Å². The second-order valence-electron chi connectivity index (χ2n) is 6.64. The first-order chi connectivity index (χ1) is 11.4. The second-order valence-corrected chi connectivity index (χ2v) is 6.64. The molecular formula is C17H28N4O3. The Balaban J connectivity index is 1.99. The summed E-state index contributed by atoms with van der Waals surface area (Å²) in [6.07, 6.45) is 1.19. The molecule has 0 aromatic carbocycles. The van der Waals surface area contributed by atoms with Crippen molar-refractivity contribution in [2.75, 3.05) is 26.8 Å². The van der Waals surface area contributed by atoms with Gasteiger partial charge in [-0.1, -0.05) is 13.8 Å². The third-order valence-corrected chi connectivity index (χ3v) is 4.10. The van der Waals surface area contributed by atoms with E-state index in [9.17, 15) is 9.59 Å². The van der Waals surface area contributed by atoms with Crippen LogP contribution in [-0.2, 0) is 22.5 Å². The molecule has 1 aromatic heterocycles. The number of amides is 2. The van der Waals surface area contributed by atoms with Gasteiger partial charge in [-0.05, 0) is 25.3 Å². The Labute approximate surface area is 143 Å². The fourth-order valence-electron chi connectivity index (χ4n) is 2.96. The highest BCUT2D eigenvalue weighted by molar-refractivity contribution is 5.93. The van der Waals surface area contributed by atoms with E-state index in [4.69, 9.17) is 4.74 Å². The van der Waals surface area contributed by atoms with Crippen LogP contribution in [0.3, 0.4) is 0 Å². The Hall–Kier alpha value is -1.89. The van der Waals surface area contributed by atoms with E-state index >= 15 is 0 Å². The predicted octanol–water partition coefficient (Wildman–Crippen LogP) is 1.08. The lowest BCUT2D eigenvalue weighted by atomic mass is 10.1. The normalized spacial score (nSPS) is 17.8. The Kier molecular flexibility index (Phi) is 6.36. The molecule has 0 unspecified atom stereocenters. The first-order valence-corrected chi connectivity index (χ1v) is 8.58. The van der Waals surface area contributed by atoms with E-state index in [1.54, 1.807) is 16.7 Å². The topological polar surface area (TPSA) is 76.5 Å². The van der Waals surface area contributed by atoms with E-state index < -0.39 is 0 Å². The molecule has 1 atom stereocenters. The first-order valence-electron chi connectivity index (χ1n) is 8.58. The van der Waals surface area contributed by atoms with Crippen LogP contribution in [0.1, 0.15) is 43.4 Å². The van der Waals surface area contributed by atoms with Gasteiger partial charge in [-0.3, -0.25) is 14.3 Å². The lowest BCUT2D eigenvalue weighted by Crippen LogP contribution is -2.38. The zero-order valence-electron chi connectivity index (χ0n) is 15.0. The van der Waals surface area contributed by atoms with E-state index in [1.165, 1.54) is 0 Å². The van der Waals surface area contributed by atoms with Gasteiger partial charge >= 0.3 is 0 Å². The third-order valence-electron chi connectivity index (χ3n) is 4.10. The molecule has 2 amide bonds. The van der Waals surface area contributed by atoms with Crippen molar-refractivity contribution in [2.24, 2.45) is 5.92 Å². The molecule has 0 aliphatic carbocycles. The maximum atomic E-state index is 12.6. The van der Waals surface area contributed by atoms with Crippen LogP contribution in [0.2, 0.25) is 0 Å². The van der Waals surface area contributed by atoms with Crippen molar-refractivity contribution in [3.05, 3.63) is 17.5 Å². The van der Waals surface area contributed by atoms with Crippen LogP contribution in [0.25, 0.3) is 0 Å². The Morgan fingerprint density at radius 2 is 2.25 bits per heavy atom. The molecule has 7 heteroatoms. The minimum absolute atomic E-state index is 0.0573. The summed E-state index contributed by atoms with van der Waals surface area (Å²) in [5.74, 6) is 0.385. The molecule has 0 spiro atoms. The van der Waals surface area contributed by atoms with Crippen molar-refractivity contribution in [3.8, 4) is 0 Å². The van der Waals surface area contributed by atoms with Gasteiger partial charge < -0.3 is 15.0 Å². The lowest BCUT2D eigenvalue weighted by Gasteiger charge is -2.16. The van der Waals surface area contributed by atoms with Gasteiger partial charge in [0.2, 0.25) is 5.91 Å². The quantitative estimate of drug-likeness (QED) is 0.771. The number of ether oxygens (including phenoxy) is 1. The fourth-order valence-corrected chi connectivity index (χ4v) is 2.96. The molecule has 0 saturated carbocycles. The molecule has 2 heterocycles. The highest BCUT2D eigenvalue weighted by Crippen LogP contribution is 2.14. The van der Waals surface area contributed by atoms with Crippen LogP contribution < -0.4 is 5.32 Å². The number of rotatable bonds is 8. The van der Waals surface area contributed by atoms with Crippen molar-refractivity contribution in [1.29, 1.82) is 0 Å². The van der Waals surface area contributed by atoms with E-state index in [0.717, 1.165) is 12.1 Å². The average Bonchev–Trinajstić information content (AvgIpc) is 3.07. The van der Waals surface area contributed by atoms with Crippen LogP contribution >= 0.6 is 0 Å². The summed E-state index contributed by atoms with van der Waals surface area (Å²) in [4.78, 5) is 26.3. The number of aryl methyl sites for hydroxylation is 1. The molecule has 1 aliphatic heterocycles. The van der Waals surface area contributed by atoms with E-state index in [1.807, 2.05) is 13.0 Å². The predicted molar refractivity (Wildman–Crippen MR) is 90.8 cm³/mol.